The standard InChI is InChI=1S/C22H28N4O4/c1-29-16-3-4-17(21(13-16)30-2)15-11-19-18(20(28)12-15)14-23-22(24-19)26-7-5-25(6-8-26)9-10-27/h3-4,13-15,27H,5-12H2,1-2H3/t15-/m1/s1. The summed E-state index contributed by atoms with van der Waals surface area (Å²) in [6.07, 6.45) is 2.77. The largest absolute Gasteiger partial charge is 0.497 e. The van der Waals surface area contributed by atoms with Crippen LogP contribution in [-0.2, 0) is 6.42 Å². The van der Waals surface area contributed by atoms with Gasteiger partial charge in [-0.3, -0.25) is 9.69 Å². The minimum atomic E-state index is 0.00927. The summed E-state index contributed by atoms with van der Waals surface area (Å²) in [4.78, 5) is 26.4. The van der Waals surface area contributed by atoms with E-state index in [0.717, 1.165) is 48.9 Å². The molecule has 160 valence electrons. The number of benzene rings is 1. The van der Waals surface area contributed by atoms with Crippen molar-refractivity contribution in [1.29, 1.82) is 0 Å². The molecule has 1 aromatic heterocycles. The summed E-state index contributed by atoms with van der Waals surface area (Å²) in [6, 6.07) is 5.73. The number of aromatic nitrogens is 2. The maximum atomic E-state index is 12.8. The van der Waals surface area contributed by atoms with Crippen molar-refractivity contribution in [3.8, 4) is 11.5 Å². The van der Waals surface area contributed by atoms with E-state index in [1.165, 1.54) is 0 Å². The van der Waals surface area contributed by atoms with Crippen LogP contribution in [0.25, 0.3) is 0 Å². The average molecular weight is 412 g/mol. The van der Waals surface area contributed by atoms with Crippen molar-refractivity contribution in [2.24, 2.45) is 0 Å². The Balaban J connectivity index is 1.55. The molecule has 1 aliphatic carbocycles. The lowest BCUT2D eigenvalue weighted by Gasteiger charge is -2.34. The van der Waals surface area contributed by atoms with Gasteiger partial charge in [0.2, 0.25) is 5.95 Å². The first-order valence-corrected chi connectivity index (χ1v) is 10.3. The summed E-state index contributed by atoms with van der Waals surface area (Å²) in [7, 11) is 3.25. The molecule has 0 unspecified atom stereocenters. The van der Waals surface area contributed by atoms with Crippen LogP contribution in [0.3, 0.4) is 0 Å². The fraction of sp³-hybridized carbons (Fsp3) is 0.500. The van der Waals surface area contributed by atoms with Crippen molar-refractivity contribution < 1.29 is 19.4 Å². The number of Topliss-reactive ketones (excluding diaryl/α,β-unsaturated/α-hetero) is 1. The van der Waals surface area contributed by atoms with Crippen molar-refractivity contribution in [3.63, 3.8) is 0 Å². The van der Waals surface area contributed by atoms with Gasteiger partial charge in [-0.25, -0.2) is 9.97 Å². The van der Waals surface area contributed by atoms with E-state index in [9.17, 15) is 4.79 Å². The number of hydrogen-bond acceptors (Lipinski definition) is 8. The summed E-state index contributed by atoms with van der Waals surface area (Å²) in [5, 5.41) is 9.12. The molecule has 2 aromatic rings. The van der Waals surface area contributed by atoms with Crippen LogP contribution >= 0.6 is 0 Å². The second-order valence-corrected chi connectivity index (χ2v) is 7.72. The number of carbonyl (C=O) groups excluding carboxylic acids is 1. The van der Waals surface area contributed by atoms with Crippen molar-refractivity contribution in [1.82, 2.24) is 14.9 Å². The van der Waals surface area contributed by atoms with Crippen LogP contribution in [0.4, 0.5) is 5.95 Å². The molecule has 1 fully saturated rings. The Bertz CT molecular complexity index is 912. The second-order valence-electron chi connectivity index (χ2n) is 7.72. The predicted octanol–water partition coefficient (Wildman–Crippen LogP) is 1.52. The lowest BCUT2D eigenvalue weighted by atomic mass is 9.82. The van der Waals surface area contributed by atoms with Crippen LogP contribution in [0, 0.1) is 0 Å². The predicted molar refractivity (Wildman–Crippen MR) is 113 cm³/mol. The zero-order valence-corrected chi connectivity index (χ0v) is 17.5. The molecule has 1 atom stereocenters. The average Bonchev–Trinajstić information content (AvgIpc) is 2.79. The number of anilines is 1. The molecule has 0 amide bonds. The van der Waals surface area contributed by atoms with Gasteiger partial charge in [0.05, 0.1) is 32.1 Å². The molecule has 1 N–H and O–H groups in total. The number of piperazine rings is 1. The van der Waals surface area contributed by atoms with E-state index < -0.39 is 0 Å². The molecule has 0 saturated carbocycles. The molecule has 2 aliphatic rings. The SMILES string of the molecule is COc1ccc([C@H]2CC(=O)c3cnc(N4CCN(CCO)CC4)nc3C2)c(OC)c1. The van der Waals surface area contributed by atoms with Gasteiger partial charge in [0.1, 0.15) is 11.5 Å². The number of carbonyl (C=O) groups is 1. The van der Waals surface area contributed by atoms with Crippen LogP contribution in [-0.4, -0.2) is 79.3 Å². The molecule has 1 aliphatic heterocycles. The highest BCUT2D eigenvalue weighted by Gasteiger charge is 2.31. The Kier molecular flexibility index (Phi) is 6.15. The highest BCUT2D eigenvalue weighted by Crippen LogP contribution is 2.38. The van der Waals surface area contributed by atoms with Gasteiger partial charge >= 0.3 is 0 Å². The molecule has 4 rings (SSSR count). The zero-order valence-electron chi connectivity index (χ0n) is 17.5. The summed E-state index contributed by atoms with van der Waals surface area (Å²) in [5.74, 6) is 2.20. The van der Waals surface area contributed by atoms with E-state index in [2.05, 4.69) is 14.8 Å². The molecule has 0 bridgehead atoms. The summed E-state index contributed by atoms with van der Waals surface area (Å²) < 4.78 is 10.9. The van der Waals surface area contributed by atoms with Crippen molar-refractivity contribution in [2.75, 3.05) is 58.5 Å². The number of methoxy groups -OCH3 is 2. The smallest absolute Gasteiger partial charge is 0.225 e. The fourth-order valence-electron chi connectivity index (χ4n) is 4.28. The summed E-state index contributed by atoms with van der Waals surface area (Å²) in [6.45, 7) is 4.22. The van der Waals surface area contributed by atoms with Crippen LogP contribution < -0.4 is 14.4 Å². The maximum Gasteiger partial charge on any atom is 0.225 e. The maximum absolute atomic E-state index is 12.8. The monoisotopic (exact) mass is 412 g/mol. The Morgan fingerprint density at radius 1 is 1.13 bits per heavy atom. The molecule has 1 saturated heterocycles. The molecule has 1 aromatic carbocycles. The third kappa shape index (κ3) is 4.11. The normalized spacial score (nSPS) is 19.5. The van der Waals surface area contributed by atoms with Crippen molar-refractivity contribution in [2.45, 2.75) is 18.8 Å². The van der Waals surface area contributed by atoms with E-state index in [4.69, 9.17) is 19.6 Å². The Hall–Kier alpha value is -2.71. The number of ether oxygens (including phenoxy) is 2. The van der Waals surface area contributed by atoms with Gasteiger partial charge in [-0.15, -0.1) is 0 Å². The highest BCUT2D eigenvalue weighted by molar-refractivity contribution is 5.98. The Labute approximate surface area is 176 Å². The molecular formula is C22H28N4O4. The molecule has 8 heteroatoms. The first-order valence-electron chi connectivity index (χ1n) is 10.3. The number of aliphatic hydroxyl groups excluding tert-OH is 1. The van der Waals surface area contributed by atoms with Crippen molar-refractivity contribution >= 4 is 11.7 Å². The van der Waals surface area contributed by atoms with E-state index in [1.54, 1.807) is 20.4 Å². The van der Waals surface area contributed by atoms with Gasteiger partial charge in [0.25, 0.3) is 0 Å². The van der Waals surface area contributed by atoms with Crippen LogP contribution in [0.1, 0.15) is 34.0 Å². The van der Waals surface area contributed by atoms with E-state index in [-0.39, 0.29) is 18.3 Å². The van der Waals surface area contributed by atoms with Crippen LogP contribution in [0.15, 0.2) is 24.4 Å². The van der Waals surface area contributed by atoms with Crippen molar-refractivity contribution in [3.05, 3.63) is 41.2 Å². The van der Waals surface area contributed by atoms with E-state index in [0.29, 0.717) is 30.9 Å². The first-order chi connectivity index (χ1) is 14.6. The number of β-amino-alcohol motifs (C(OH)–C–C–N with tert-alkyl or cyclic N) is 1. The quantitative estimate of drug-likeness (QED) is 0.764. The van der Waals surface area contributed by atoms with Crippen LogP contribution in [0.5, 0.6) is 11.5 Å². The van der Waals surface area contributed by atoms with Gasteiger partial charge < -0.3 is 19.5 Å². The molecule has 0 radical (unpaired) electrons. The molecule has 30 heavy (non-hydrogen) atoms. The number of aliphatic hydroxyl groups is 1. The minimum absolute atomic E-state index is 0.00927. The van der Waals surface area contributed by atoms with Gasteiger partial charge in [0.15, 0.2) is 5.78 Å². The lowest BCUT2D eigenvalue weighted by Crippen LogP contribution is -2.47. The number of fused-ring (bicyclic) bond motifs is 1. The number of nitrogens with zero attached hydrogens (tertiary/aromatic N) is 4. The molecule has 8 nitrogen and oxygen atoms in total. The first kappa shape index (κ1) is 20.6. The van der Waals surface area contributed by atoms with Gasteiger partial charge in [-0.05, 0) is 18.1 Å². The second kappa shape index (κ2) is 8.97. The minimum Gasteiger partial charge on any atom is -0.497 e. The Morgan fingerprint density at radius 3 is 2.63 bits per heavy atom. The summed E-state index contributed by atoms with van der Waals surface area (Å²) in [5.41, 5.74) is 2.42. The lowest BCUT2D eigenvalue weighted by molar-refractivity contribution is 0.0962. The number of hydrogen-bond donors (Lipinski definition) is 1. The summed E-state index contributed by atoms with van der Waals surface area (Å²) >= 11 is 0. The zero-order chi connectivity index (χ0) is 21.1. The van der Waals surface area contributed by atoms with Crippen LogP contribution in [0.2, 0.25) is 0 Å². The molecular weight excluding hydrogens is 384 g/mol. The third-order valence-corrected chi connectivity index (χ3v) is 5.98. The van der Waals surface area contributed by atoms with Gasteiger partial charge in [-0.2, -0.15) is 0 Å². The number of ketones is 1. The van der Waals surface area contributed by atoms with Gasteiger partial charge in [0, 0.05) is 57.3 Å². The number of rotatable bonds is 6. The highest BCUT2D eigenvalue weighted by atomic mass is 16.5. The Morgan fingerprint density at radius 2 is 1.93 bits per heavy atom. The fourth-order valence-corrected chi connectivity index (χ4v) is 4.28. The van der Waals surface area contributed by atoms with Gasteiger partial charge in [-0.1, -0.05) is 6.07 Å². The third-order valence-electron chi connectivity index (χ3n) is 5.98. The van der Waals surface area contributed by atoms with E-state index in [1.807, 2.05) is 18.2 Å². The molecule has 2 heterocycles. The molecule has 0 spiro atoms. The van der Waals surface area contributed by atoms with E-state index >= 15 is 0 Å². The topological polar surface area (TPSA) is 88.0 Å².